The minimum atomic E-state index is -0.511. The van der Waals surface area contributed by atoms with Gasteiger partial charge in [0.1, 0.15) is 0 Å². The van der Waals surface area contributed by atoms with Crippen molar-refractivity contribution in [2.45, 2.75) is 37.3 Å². The van der Waals surface area contributed by atoms with Gasteiger partial charge in [-0.2, -0.15) is 0 Å². The molecule has 0 aromatic heterocycles. The van der Waals surface area contributed by atoms with Gasteiger partial charge in [-0.15, -0.1) is 11.8 Å². The number of rotatable bonds is 8. The van der Waals surface area contributed by atoms with Crippen molar-refractivity contribution in [3.05, 3.63) is 93.5 Å². The summed E-state index contributed by atoms with van der Waals surface area (Å²) in [5.41, 5.74) is 3.69. The minimum Gasteiger partial charge on any atom is -0.325 e. The van der Waals surface area contributed by atoms with E-state index in [4.69, 9.17) is 0 Å². The number of anilines is 2. The third kappa shape index (κ3) is 6.20. The van der Waals surface area contributed by atoms with Crippen LogP contribution in [-0.4, -0.2) is 22.0 Å². The van der Waals surface area contributed by atoms with E-state index in [0.29, 0.717) is 17.7 Å². The van der Waals surface area contributed by atoms with Gasteiger partial charge in [0.2, 0.25) is 5.91 Å². The fourth-order valence-corrected chi connectivity index (χ4v) is 4.30. The molecule has 1 atom stereocenters. The smallest absolute Gasteiger partial charge is 0.269 e. The molecule has 1 unspecified atom stereocenters. The number of thioether (sulfide) groups is 1. The summed E-state index contributed by atoms with van der Waals surface area (Å²) in [7, 11) is 0. The van der Waals surface area contributed by atoms with Crippen LogP contribution in [0.15, 0.2) is 71.6 Å². The zero-order valence-corrected chi connectivity index (χ0v) is 19.4. The Labute approximate surface area is 196 Å². The van der Waals surface area contributed by atoms with E-state index in [1.165, 1.54) is 36.0 Å². The molecule has 0 saturated heterocycles. The topological polar surface area (TPSA) is 101 Å². The first-order chi connectivity index (χ1) is 15.8. The maximum absolute atomic E-state index is 12.9. The van der Waals surface area contributed by atoms with Crippen molar-refractivity contribution in [2.75, 3.05) is 10.6 Å². The van der Waals surface area contributed by atoms with Crippen LogP contribution in [0.25, 0.3) is 0 Å². The standard InChI is InChI=1S/C25H25N3O4S/c1-4-22(25(30)27-23-16(2)7-5-8-17(23)3)33-21-10-6-9-19(15-21)26-24(29)18-11-13-20(14-12-18)28(31)32/h5-15,22H,4H2,1-3H3,(H,26,29)(H,27,30). The van der Waals surface area contributed by atoms with Crippen molar-refractivity contribution in [1.29, 1.82) is 0 Å². The van der Waals surface area contributed by atoms with Gasteiger partial charge in [-0.05, 0) is 61.7 Å². The van der Waals surface area contributed by atoms with Gasteiger partial charge in [-0.3, -0.25) is 19.7 Å². The number of amides is 2. The molecule has 0 bridgehead atoms. The fourth-order valence-electron chi connectivity index (χ4n) is 3.29. The second-order valence-corrected chi connectivity index (χ2v) is 8.83. The first-order valence-corrected chi connectivity index (χ1v) is 11.4. The number of benzene rings is 3. The molecule has 0 radical (unpaired) electrons. The molecule has 0 fully saturated rings. The maximum Gasteiger partial charge on any atom is 0.269 e. The van der Waals surface area contributed by atoms with Crippen molar-refractivity contribution < 1.29 is 14.5 Å². The molecule has 8 heteroatoms. The zero-order valence-electron chi connectivity index (χ0n) is 18.6. The molecule has 3 aromatic carbocycles. The van der Waals surface area contributed by atoms with Gasteiger partial charge >= 0.3 is 0 Å². The average Bonchev–Trinajstić information content (AvgIpc) is 2.80. The van der Waals surface area contributed by atoms with Crippen LogP contribution in [0.3, 0.4) is 0 Å². The molecular weight excluding hydrogens is 438 g/mol. The Bertz CT molecular complexity index is 1160. The van der Waals surface area contributed by atoms with Gasteiger partial charge in [0.05, 0.1) is 10.2 Å². The summed E-state index contributed by atoms with van der Waals surface area (Å²) in [4.78, 5) is 36.6. The van der Waals surface area contributed by atoms with E-state index in [1.54, 1.807) is 6.07 Å². The molecule has 170 valence electrons. The lowest BCUT2D eigenvalue weighted by atomic mass is 10.1. The van der Waals surface area contributed by atoms with Gasteiger partial charge in [-0.25, -0.2) is 0 Å². The van der Waals surface area contributed by atoms with E-state index in [1.807, 2.05) is 57.2 Å². The second kappa shape index (κ2) is 10.8. The van der Waals surface area contributed by atoms with Crippen LogP contribution in [0.4, 0.5) is 17.1 Å². The number of non-ortho nitro benzene ring substituents is 1. The van der Waals surface area contributed by atoms with Crippen molar-refractivity contribution in [3.63, 3.8) is 0 Å². The lowest BCUT2D eigenvalue weighted by Gasteiger charge is -2.17. The van der Waals surface area contributed by atoms with Crippen molar-refractivity contribution in [3.8, 4) is 0 Å². The number of carbonyl (C=O) groups is 2. The summed E-state index contributed by atoms with van der Waals surface area (Å²) < 4.78 is 0. The van der Waals surface area contributed by atoms with Gasteiger partial charge in [0.25, 0.3) is 11.6 Å². The van der Waals surface area contributed by atoms with Gasteiger partial charge in [0, 0.05) is 34.0 Å². The van der Waals surface area contributed by atoms with E-state index in [-0.39, 0.29) is 22.8 Å². The number of nitrogens with zero attached hydrogens (tertiary/aromatic N) is 1. The van der Waals surface area contributed by atoms with Crippen molar-refractivity contribution >= 4 is 40.6 Å². The van der Waals surface area contributed by atoms with E-state index in [9.17, 15) is 19.7 Å². The van der Waals surface area contributed by atoms with Crippen LogP contribution in [0.2, 0.25) is 0 Å². The van der Waals surface area contributed by atoms with E-state index >= 15 is 0 Å². The first-order valence-electron chi connectivity index (χ1n) is 10.5. The van der Waals surface area contributed by atoms with Crippen LogP contribution in [0.1, 0.15) is 34.8 Å². The Balaban J connectivity index is 1.68. The molecule has 0 spiro atoms. The normalized spacial score (nSPS) is 11.5. The summed E-state index contributed by atoms with van der Waals surface area (Å²) in [6, 6.07) is 18.6. The number of aryl methyl sites for hydroxylation is 2. The molecule has 3 rings (SSSR count). The SMILES string of the molecule is CCC(Sc1cccc(NC(=O)c2ccc([N+](=O)[O-])cc2)c1)C(=O)Nc1c(C)cccc1C. The third-order valence-corrected chi connectivity index (χ3v) is 6.46. The Hall–Kier alpha value is -3.65. The van der Waals surface area contributed by atoms with Gasteiger partial charge in [-0.1, -0.05) is 31.2 Å². The molecule has 7 nitrogen and oxygen atoms in total. The summed E-state index contributed by atoms with van der Waals surface area (Å²) >= 11 is 1.43. The predicted octanol–water partition coefficient (Wildman–Crippen LogP) is 5.97. The Morgan fingerprint density at radius 3 is 2.21 bits per heavy atom. The quantitative estimate of drug-likeness (QED) is 0.243. The molecular formula is C25H25N3O4S. The van der Waals surface area contributed by atoms with Crippen LogP contribution < -0.4 is 10.6 Å². The highest BCUT2D eigenvalue weighted by Gasteiger charge is 2.20. The number of para-hydroxylation sites is 1. The highest BCUT2D eigenvalue weighted by Crippen LogP contribution is 2.29. The third-order valence-electron chi connectivity index (χ3n) is 5.10. The van der Waals surface area contributed by atoms with Gasteiger partial charge < -0.3 is 10.6 Å². The molecule has 2 amide bonds. The Kier molecular flexibility index (Phi) is 7.84. The Morgan fingerprint density at radius 2 is 1.61 bits per heavy atom. The monoisotopic (exact) mass is 463 g/mol. The minimum absolute atomic E-state index is 0.0692. The first kappa shape index (κ1) is 24.0. The number of hydrogen-bond donors (Lipinski definition) is 2. The molecule has 3 aromatic rings. The van der Waals surface area contributed by atoms with E-state index in [0.717, 1.165) is 21.7 Å². The average molecular weight is 464 g/mol. The number of nitro groups is 1. The number of carbonyl (C=O) groups excluding carboxylic acids is 2. The molecule has 2 N–H and O–H groups in total. The number of nitro benzene ring substituents is 1. The second-order valence-electron chi connectivity index (χ2n) is 7.56. The molecule has 0 heterocycles. The van der Waals surface area contributed by atoms with Gasteiger partial charge in [0.15, 0.2) is 0 Å². The van der Waals surface area contributed by atoms with Crippen molar-refractivity contribution in [1.82, 2.24) is 0 Å². The predicted molar refractivity (Wildman–Crippen MR) is 132 cm³/mol. The summed E-state index contributed by atoms with van der Waals surface area (Å²) in [6.07, 6.45) is 0.640. The number of nitrogens with one attached hydrogen (secondary N) is 2. The van der Waals surface area contributed by atoms with E-state index < -0.39 is 4.92 Å². The lowest BCUT2D eigenvalue weighted by Crippen LogP contribution is -2.25. The fraction of sp³-hybridized carbons (Fsp3) is 0.200. The van der Waals surface area contributed by atoms with Crippen LogP contribution in [0, 0.1) is 24.0 Å². The number of hydrogen-bond acceptors (Lipinski definition) is 5. The van der Waals surface area contributed by atoms with Crippen LogP contribution >= 0.6 is 11.8 Å². The van der Waals surface area contributed by atoms with E-state index in [2.05, 4.69) is 10.6 Å². The van der Waals surface area contributed by atoms with Crippen molar-refractivity contribution in [2.24, 2.45) is 0 Å². The molecule has 0 aliphatic rings. The lowest BCUT2D eigenvalue weighted by molar-refractivity contribution is -0.384. The van der Waals surface area contributed by atoms with Crippen LogP contribution in [0.5, 0.6) is 0 Å². The molecule has 33 heavy (non-hydrogen) atoms. The largest absolute Gasteiger partial charge is 0.325 e. The zero-order chi connectivity index (χ0) is 24.0. The molecule has 0 saturated carbocycles. The summed E-state index contributed by atoms with van der Waals surface area (Å²) in [5, 5.41) is 16.3. The maximum atomic E-state index is 12.9. The summed E-state index contributed by atoms with van der Waals surface area (Å²) in [5.74, 6) is -0.438. The highest BCUT2D eigenvalue weighted by molar-refractivity contribution is 8.00. The molecule has 0 aliphatic carbocycles. The highest BCUT2D eigenvalue weighted by atomic mass is 32.2. The molecule has 0 aliphatic heterocycles. The van der Waals surface area contributed by atoms with Crippen LogP contribution in [-0.2, 0) is 4.79 Å². The summed E-state index contributed by atoms with van der Waals surface area (Å²) in [6.45, 7) is 5.89. The Morgan fingerprint density at radius 1 is 0.970 bits per heavy atom.